The molecule has 0 bridgehead atoms. The van der Waals surface area contributed by atoms with Gasteiger partial charge in [-0.25, -0.2) is 4.98 Å². The van der Waals surface area contributed by atoms with Gasteiger partial charge in [-0.05, 0) is 23.5 Å². The number of pyridine rings is 1. The topological polar surface area (TPSA) is 42.0 Å². The maximum absolute atomic E-state index is 11.9. The first-order valence-electron chi connectivity index (χ1n) is 5.71. The molecule has 17 heavy (non-hydrogen) atoms. The second kappa shape index (κ2) is 5.50. The van der Waals surface area contributed by atoms with Crippen LogP contribution in [-0.2, 0) is 0 Å². The van der Waals surface area contributed by atoms with E-state index in [0.29, 0.717) is 18.0 Å². The van der Waals surface area contributed by atoms with E-state index < -0.39 is 0 Å². The highest BCUT2D eigenvalue weighted by molar-refractivity contribution is 6.32. The summed E-state index contributed by atoms with van der Waals surface area (Å²) in [5, 5.41) is 3.13. The van der Waals surface area contributed by atoms with Gasteiger partial charge in [0.15, 0.2) is 0 Å². The Balaban J connectivity index is 2.60. The minimum atomic E-state index is -0.167. The van der Waals surface area contributed by atoms with E-state index >= 15 is 0 Å². The van der Waals surface area contributed by atoms with E-state index in [0.717, 1.165) is 0 Å². The first-order valence-corrected chi connectivity index (χ1v) is 6.09. The SMILES string of the molecule is CC(CNC(=O)c1cccnc1Cl)C(C)(C)C. The lowest BCUT2D eigenvalue weighted by Crippen LogP contribution is -2.33. The van der Waals surface area contributed by atoms with Crippen molar-refractivity contribution in [3.05, 3.63) is 29.0 Å². The van der Waals surface area contributed by atoms with Crippen LogP contribution in [0.25, 0.3) is 0 Å². The van der Waals surface area contributed by atoms with Crippen LogP contribution in [0.4, 0.5) is 0 Å². The number of hydrogen-bond acceptors (Lipinski definition) is 2. The molecule has 0 radical (unpaired) electrons. The lowest BCUT2D eigenvalue weighted by Gasteiger charge is -2.27. The van der Waals surface area contributed by atoms with Gasteiger partial charge in [-0.2, -0.15) is 0 Å². The van der Waals surface area contributed by atoms with Crippen LogP contribution in [0.1, 0.15) is 38.1 Å². The van der Waals surface area contributed by atoms with Crippen molar-refractivity contribution in [2.75, 3.05) is 6.54 Å². The monoisotopic (exact) mass is 254 g/mol. The largest absolute Gasteiger partial charge is 0.352 e. The Morgan fingerprint density at radius 3 is 2.71 bits per heavy atom. The summed E-state index contributed by atoms with van der Waals surface area (Å²) in [5.74, 6) is 0.223. The Labute approximate surface area is 108 Å². The Morgan fingerprint density at radius 2 is 2.18 bits per heavy atom. The summed E-state index contributed by atoms with van der Waals surface area (Å²) in [6.07, 6.45) is 1.57. The molecule has 0 fully saturated rings. The van der Waals surface area contributed by atoms with Gasteiger partial charge in [-0.1, -0.05) is 39.3 Å². The molecule has 0 aliphatic rings. The molecule has 1 amide bonds. The summed E-state index contributed by atoms with van der Waals surface area (Å²) in [6, 6.07) is 3.38. The minimum Gasteiger partial charge on any atom is -0.352 e. The zero-order valence-electron chi connectivity index (χ0n) is 10.7. The summed E-state index contributed by atoms with van der Waals surface area (Å²) in [6.45, 7) is 9.21. The predicted molar refractivity (Wildman–Crippen MR) is 70.2 cm³/mol. The quantitative estimate of drug-likeness (QED) is 0.842. The number of carbonyl (C=O) groups is 1. The fourth-order valence-electron chi connectivity index (χ4n) is 1.20. The van der Waals surface area contributed by atoms with Crippen molar-refractivity contribution >= 4 is 17.5 Å². The van der Waals surface area contributed by atoms with Crippen LogP contribution in [0, 0.1) is 11.3 Å². The number of rotatable bonds is 3. The molecule has 0 aromatic carbocycles. The van der Waals surface area contributed by atoms with E-state index in [1.165, 1.54) is 0 Å². The minimum absolute atomic E-state index is 0.167. The zero-order chi connectivity index (χ0) is 13.1. The van der Waals surface area contributed by atoms with Gasteiger partial charge in [0.25, 0.3) is 5.91 Å². The molecule has 1 N–H and O–H groups in total. The maximum Gasteiger partial charge on any atom is 0.254 e. The molecule has 0 saturated heterocycles. The maximum atomic E-state index is 11.9. The van der Waals surface area contributed by atoms with Crippen LogP contribution in [-0.4, -0.2) is 17.4 Å². The van der Waals surface area contributed by atoms with Gasteiger partial charge < -0.3 is 5.32 Å². The third-order valence-corrected chi connectivity index (χ3v) is 3.35. The van der Waals surface area contributed by atoms with Crippen LogP contribution in [0.5, 0.6) is 0 Å². The second-order valence-electron chi connectivity index (χ2n) is 5.32. The van der Waals surface area contributed by atoms with Crippen LogP contribution >= 0.6 is 11.6 Å². The first kappa shape index (κ1) is 14.0. The molecule has 0 saturated carbocycles. The van der Waals surface area contributed by atoms with Crippen molar-refractivity contribution in [2.24, 2.45) is 11.3 Å². The van der Waals surface area contributed by atoms with Gasteiger partial charge in [0.05, 0.1) is 5.56 Å². The number of aromatic nitrogens is 1. The van der Waals surface area contributed by atoms with E-state index in [1.807, 2.05) is 0 Å². The Hall–Kier alpha value is -1.09. The molecule has 1 unspecified atom stereocenters. The van der Waals surface area contributed by atoms with Gasteiger partial charge in [-0.15, -0.1) is 0 Å². The van der Waals surface area contributed by atoms with Crippen molar-refractivity contribution in [1.82, 2.24) is 10.3 Å². The number of carbonyl (C=O) groups excluding carboxylic acids is 1. The highest BCUT2D eigenvalue weighted by atomic mass is 35.5. The van der Waals surface area contributed by atoms with E-state index in [4.69, 9.17) is 11.6 Å². The van der Waals surface area contributed by atoms with E-state index in [1.54, 1.807) is 18.3 Å². The molecular weight excluding hydrogens is 236 g/mol. The fraction of sp³-hybridized carbons (Fsp3) is 0.538. The van der Waals surface area contributed by atoms with Crippen LogP contribution in [0.3, 0.4) is 0 Å². The molecular formula is C13H19ClN2O. The average Bonchev–Trinajstić information content (AvgIpc) is 2.24. The summed E-state index contributed by atoms with van der Waals surface area (Å²) >= 11 is 5.85. The van der Waals surface area contributed by atoms with E-state index in [2.05, 4.69) is 38.0 Å². The third-order valence-electron chi connectivity index (χ3n) is 3.05. The molecule has 4 heteroatoms. The van der Waals surface area contributed by atoms with Crippen molar-refractivity contribution in [3.63, 3.8) is 0 Å². The molecule has 1 atom stereocenters. The molecule has 1 heterocycles. The fourth-order valence-corrected chi connectivity index (χ4v) is 1.41. The molecule has 0 aliphatic heterocycles. The lowest BCUT2D eigenvalue weighted by molar-refractivity contribution is 0.0937. The van der Waals surface area contributed by atoms with Crippen molar-refractivity contribution < 1.29 is 4.79 Å². The van der Waals surface area contributed by atoms with Gasteiger partial charge in [0, 0.05) is 12.7 Å². The first-order chi connectivity index (χ1) is 7.82. The van der Waals surface area contributed by atoms with Gasteiger partial charge in [0.1, 0.15) is 5.15 Å². The summed E-state index contributed by atoms with van der Waals surface area (Å²) in [7, 11) is 0. The Kier molecular flexibility index (Phi) is 4.52. The van der Waals surface area contributed by atoms with E-state index in [-0.39, 0.29) is 16.5 Å². The van der Waals surface area contributed by atoms with Crippen molar-refractivity contribution in [3.8, 4) is 0 Å². The highest BCUT2D eigenvalue weighted by Crippen LogP contribution is 2.24. The predicted octanol–water partition coefficient (Wildman–Crippen LogP) is 3.15. The molecule has 94 valence electrons. The number of amides is 1. The molecule has 0 spiro atoms. The van der Waals surface area contributed by atoms with Crippen molar-refractivity contribution in [1.29, 1.82) is 0 Å². The normalized spacial score (nSPS) is 13.2. The van der Waals surface area contributed by atoms with Gasteiger partial charge in [0.2, 0.25) is 0 Å². The standard InChI is InChI=1S/C13H19ClN2O/c1-9(13(2,3)4)8-16-12(17)10-6-5-7-15-11(10)14/h5-7,9H,8H2,1-4H3,(H,16,17). The highest BCUT2D eigenvalue weighted by Gasteiger charge is 2.21. The number of halogens is 1. The third kappa shape index (κ3) is 4.00. The number of nitrogens with zero attached hydrogens (tertiary/aromatic N) is 1. The smallest absolute Gasteiger partial charge is 0.254 e. The summed E-state index contributed by atoms with van der Waals surface area (Å²) < 4.78 is 0. The molecule has 1 aromatic heterocycles. The Morgan fingerprint density at radius 1 is 1.53 bits per heavy atom. The molecule has 0 aliphatic carbocycles. The average molecular weight is 255 g/mol. The molecule has 1 rings (SSSR count). The summed E-state index contributed by atoms with van der Waals surface area (Å²) in [5.41, 5.74) is 0.599. The number of nitrogens with one attached hydrogen (secondary N) is 1. The van der Waals surface area contributed by atoms with Crippen LogP contribution in [0.2, 0.25) is 5.15 Å². The van der Waals surface area contributed by atoms with Crippen LogP contribution < -0.4 is 5.32 Å². The second-order valence-corrected chi connectivity index (χ2v) is 5.68. The van der Waals surface area contributed by atoms with Gasteiger partial charge >= 0.3 is 0 Å². The van der Waals surface area contributed by atoms with Gasteiger partial charge in [-0.3, -0.25) is 4.79 Å². The molecule has 3 nitrogen and oxygen atoms in total. The molecule has 1 aromatic rings. The van der Waals surface area contributed by atoms with E-state index in [9.17, 15) is 4.79 Å². The Bertz CT molecular complexity index is 399. The number of hydrogen-bond donors (Lipinski definition) is 1. The zero-order valence-corrected chi connectivity index (χ0v) is 11.5. The van der Waals surface area contributed by atoms with Crippen molar-refractivity contribution in [2.45, 2.75) is 27.7 Å². The van der Waals surface area contributed by atoms with Crippen LogP contribution in [0.15, 0.2) is 18.3 Å². The lowest BCUT2D eigenvalue weighted by atomic mass is 9.82. The summed E-state index contributed by atoms with van der Waals surface area (Å²) in [4.78, 5) is 15.7.